The molecule has 4 N–H and O–H groups in total. The van der Waals surface area contributed by atoms with E-state index in [-0.39, 0.29) is 17.6 Å². The minimum absolute atomic E-state index is 0.160. The average Bonchev–Trinajstić information content (AvgIpc) is 2.65. The Morgan fingerprint density at radius 3 is 2.23 bits per heavy atom. The summed E-state index contributed by atoms with van der Waals surface area (Å²) in [6, 6.07) is 16.6. The summed E-state index contributed by atoms with van der Waals surface area (Å²) in [7, 11) is 0. The lowest BCUT2D eigenvalue weighted by Crippen LogP contribution is -2.47. The van der Waals surface area contributed by atoms with E-state index in [4.69, 9.17) is 12.2 Å². The molecule has 0 aromatic heterocycles. The van der Waals surface area contributed by atoms with Crippen molar-refractivity contribution >= 4 is 34.8 Å². The summed E-state index contributed by atoms with van der Waals surface area (Å²) in [4.78, 5) is 23.6. The van der Waals surface area contributed by atoms with Gasteiger partial charge >= 0.3 is 0 Å². The van der Waals surface area contributed by atoms with Crippen LogP contribution in [-0.4, -0.2) is 23.5 Å². The van der Waals surface area contributed by atoms with Gasteiger partial charge < -0.3 is 10.6 Å². The molecule has 0 unspecified atom stereocenters. The van der Waals surface area contributed by atoms with Crippen molar-refractivity contribution in [1.82, 2.24) is 16.2 Å². The summed E-state index contributed by atoms with van der Waals surface area (Å²) in [5.41, 5.74) is 7.58. The van der Waals surface area contributed by atoms with E-state index in [1.807, 2.05) is 30.3 Å². The highest BCUT2D eigenvalue weighted by Crippen LogP contribution is 2.16. The van der Waals surface area contributed by atoms with E-state index in [1.54, 1.807) is 24.3 Å². The molecule has 0 aliphatic carbocycles. The van der Waals surface area contributed by atoms with Crippen LogP contribution in [-0.2, 0) is 4.79 Å². The van der Waals surface area contributed by atoms with Crippen LogP contribution in [0.1, 0.15) is 35.7 Å². The van der Waals surface area contributed by atoms with Gasteiger partial charge in [-0.2, -0.15) is 0 Å². The molecule has 2 aromatic rings. The SMILES string of the molecule is CC(C)c1ccc(NC(=S)NNC(=O)CNC(=O)c2ccccc2)cc1. The zero-order valence-electron chi connectivity index (χ0n) is 14.7. The van der Waals surface area contributed by atoms with Gasteiger partial charge in [-0.25, -0.2) is 0 Å². The standard InChI is InChI=1S/C19H22N4O2S/c1-13(2)14-8-10-16(11-9-14)21-19(26)23-22-17(24)12-20-18(25)15-6-4-3-5-7-15/h3-11,13H,12H2,1-2H3,(H,20,25)(H,22,24)(H2,21,23,26). The van der Waals surface area contributed by atoms with Gasteiger partial charge in [-0.3, -0.25) is 20.4 Å². The lowest BCUT2D eigenvalue weighted by molar-refractivity contribution is -0.120. The maximum atomic E-state index is 11.9. The molecule has 0 heterocycles. The zero-order valence-corrected chi connectivity index (χ0v) is 15.5. The number of nitrogens with one attached hydrogen (secondary N) is 4. The number of carbonyl (C=O) groups is 2. The molecule has 0 radical (unpaired) electrons. The molecule has 7 heteroatoms. The normalized spacial score (nSPS) is 10.1. The number of benzene rings is 2. The number of hydrogen-bond donors (Lipinski definition) is 4. The third-order valence-corrected chi connectivity index (χ3v) is 3.80. The first-order valence-electron chi connectivity index (χ1n) is 8.24. The summed E-state index contributed by atoms with van der Waals surface area (Å²) in [6.45, 7) is 4.09. The largest absolute Gasteiger partial charge is 0.343 e. The minimum atomic E-state index is -0.409. The molecule has 0 atom stereocenters. The second kappa shape index (κ2) is 9.53. The van der Waals surface area contributed by atoms with Crippen molar-refractivity contribution in [3.05, 3.63) is 65.7 Å². The second-order valence-corrected chi connectivity index (χ2v) is 6.36. The molecule has 0 saturated heterocycles. The molecule has 0 fully saturated rings. The molecule has 0 spiro atoms. The van der Waals surface area contributed by atoms with Gasteiger partial charge in [-0.1, -0.05) is 44.2 Å². The first-order valence-corrected chi connectivity index (χ1v) is 8.65. The van der Waals surface area contributed by atoms with E-state index >= 15 is 0 Å². The molecule has 2 rings (SSSR count). The summed E-state index contributed by atoms with van der Waals surface area (Å²) in [6.07, 6.45) is 0. The molecule has 0 saturated carbocycles. The van der Waals surface area contributed by atoms with E-state index in [9.17, 15) is 9.59 Å². The Kier molecular flexibility index (Phi) is 7.11. The van der Waals surface area contributed by atoms with Crippen LogP contribution in [0.15, 0.2) is 54.6 Å². The van der Waals surface area contributed by atoms with Crippen molar-refractivity contribution in [3.63, 3.8) is 0 Å². The van der Waals surface area contributed by atoms with Gasteiger partial charge in [0.2, 0.25) is 0 Å². The highest BCUT2D eigenvalue weighted by Gasteiger charge is 2.07. The van der Waals surface area contributed by atoms with Crippen molar-refractivity contribution in [2.45, 2.75) is 19.8 Å². The monoisotopic (exact) mass is 370 g/mol. The molecule has 6 nitrogen and oxygen atoms in total. The third-order valence-electron chi connectivity index (χ3n) is 3.60. The molecule has 2 aromatic carbocycles. The van der Waals surface area contributed by atoms with Crippen molar-refractivity contribution in [3.8, 4) is 0 Å². The maximum Gasteiger partial charge on any atom is 0.257 e. The van der Waals surface area contributed by atoms with E-state index in [1.165, 1.54) is 5.56 Å². The van der Waals surface area contributed by atoms with Crippen molar-refractivity contribution < 1.29 is 9.59 Å². The Balaban J connectivity index is 1.71. The fourth-order valence-corrected chi connectivity index (χ4v) is 2.31. The molecule has 2 amide bonds. The quantitative estimate of drug-likeness (QED) is 0.480. The van der Waals surface area contributed by atoms with E-state index in [0.29, 0.717) is 11.5 Å². The van der Waals surface area contributed by atoms with Crippen LogP contribution in [0.5, 0.6) is 0 Å². The highest BCUT2D eigenvalue weighted by atomic mass is 32.1. The van der Waals surface area contributed by atoms with Crippen LogP contribution in [0.3, 0.4) is 0 Å². The number of amides is 2. The van der Waals surface area contributed by atoms with Crippen LogP contribution < -0.4 is 21.5 Å². The number of hydrazine groups is 1. The van der Waals surface area contributed by atoms with Crippen LogP contribution in [0.4, 0.5) is 5.69 Å². The van der Waals surface area contributed by atoms with Gasteiger partial charge in [0.15, 0.2) is 5.11 Å². The predicted octanol–water partition coefficient (Wildman–Crippen LogP) is 2.56. The summed E-state index contributed by atoms with van der Waals surface area (Å²) in [5.74, 6) is -0.264. The zero-order chi connectivity index (χ0) is 18.9. The van der Waals surface area contributed by atoms with Crippen molar-refractivity contribution in [1.29, 1.82) is 0 Å². The Morgan fingerprint density at radius 2 is 1.62 bits per heavy atom. The van der Waals surface area contributed by atoms with Crippen LogP contribution in [0, 0.1) is 0 Å². The number of carbonyl (C=O) groups excluding carboxylic acids is 2. The van der Waals surface area contributed by atoms with E-state index < -0.39 is 5.91 Å². The fraction of sp³-hybridized carbons (Fsp3) is 0.211. The van der Waals surface area contributed by atoms with E-state index in [2.05, 4.69) is 35.3 Å². The molecule has 136 valence electrons. The minimum Gasteiger partial charge on any atom is -0.343 e. The lowest BCUT2D eigenvalue weighted by atomic mass is 10.0. The lowest BCUT2D eigenvalue weighted by Gasteiger charge is -2.13. The summed E-state index contributed by atoms with van der Waals surface area (Å²) >= 11 is 5.13. The molecule has 0 aliphatic heterocycles. The maximum absolute atomic E-state index is 11.9. The van der Waals surface area contributed by atoms with Gasteiger partial charge in [0.1, 0.15) is 0 Å². The fourth-order valence-electron chi connectivity index (χ4n) is 2.14. The van der Waals surface area contributed by atoms with Gasteiger partial charge in [-0.05, 0) is 48.0 Å². The van der Waals surface area contributed by atoms with Gasteiger partial charge in [0, 0.05) is 11.3 Å². The number of rotatable bonds is 5. The molecular weight excluding hydrogens is 348 g/mol. The molecule has 0 aliphatic rings. The van der Waals surface area contributed by atoms with Gasteiger partial charge in [0.05, 0.1) is 6.54 Å². The molecule has 26 heavy (non-hydrogen) atoms. The highest BCUT2D eigenvalue weighted by molar-refractivity contribution is 7.80. The predicted molar refractivity (Wildman–Crippen MR) is 107 cm³/mol. The average molecular weight is 370 g/mol. The first kappa shape index (κ1) is 19.4. The second-order valence-electron chi connectivity index (χ2n) is 5.95. The van der Waals surface area contributed by atoms with Crippen LogP contribution in [0.25, 0.3) is 0 Å². The Morgan fingerprint density at radius 1 is 0.962 bits per heavy atom. The number of hydrogen-bond acceptors (Lipinski definition) is 3. The summed E-state index contributed by atoms with van der Waals surface area (Å²) < 4.78 is 0. The van der Waals surface area contributed by atoms with Gasteiger partial charge in [-0.15, -0.1) is 0 Å². The summed E-state index contributed by atoms with van der Waals surface area (Å²) in [5, 5.41) is 5.76. The number of thiocarbonyl (C=S) groups is 1. The first-order chi connectivity index (χ1) is 12.5. The van der Waals surface area contributed by atoms with Crippen molar-refractivity contribution in [2.75, 3.05) is 11.9 Å². The van der Waals surface area contributed by atoms with Crippen molar-refractivity contribution in [2.24, 2.45) is 0 Å². The number of anilines is 1. The third kappa shape index (κ3) is 6.18. The van der Waals surface area contributed by atoms with Crippen LogP contribution >= 0.6 is 12.2 Å². The smallest absolute Gasteiger partial charge is 0.257 e. The molecular formula is C19H22N4O2S. The Labute approximate surface area is 158 Å². The van der Waals surface area contributed by atoms with Crippen LogP contribution in [0.2, 0.25) is 0 Å². The molecule has 0 bridgehead atoms. The topological polar surface area (TPSA) is 82.3 Å². The van der Waals surface area contributed by atoms with E-state index in [0.717, 1.165) is 5.69 Å². The Bertz CT molecular complexity index is 761. The Hall–Kier alpha value is -2.93. The van der Waals surface area contributed by atoms with Gasteiger partial charge in [0.25, 0.3) is 11.8 Å².